The number of hydrogen-bond acceptors (Lipinski definition) is 2. The van der Waals surface area contributed by atoms with Crippen LogP contribution in [0.15, 0.2) is 42.5 Å². The average molecular weight is 213 g/mol. The van der Waals surface area contributed by atoms with Crippen LogP contribution >= 0.6 is 0 Å². The van der Waals surface area contributed by atoms with Crippen molar-refractivity contribution in [3.8, 4) is 16.9 Å². The first-order chi connectivity index (χ1) is 7.70. The van der Waals surface area contributed by atoms with Crippen LogP contribution in [-0.2, 0) is 6.54 Å². The fourth-order valence-corrected chi connectivity index (χ4v) is 1.78. The molecule has 0 spiro atoms. The molecule has 0 heterocycles. The van der Waals surface area contributed by atoms with E-state index in [1.807, 2.05) is 18.2 Å². The quantitative estimate of drug-likeness (QED) is 0.805. The molecule has 0 aromatic heterocycles. The van der Waals surface area contributed by atoms with Crippen LogP contribution in [0.2, 0.25) is 0 Å². The Kier molecular flexibility index (Phi) is 2.93. The lowest BCUT2D eigenvalue weighted by Crippen LogP contribution is -1.97. The molecule has 0 aliphatic carbocycles. The van der Waals surface area contributed by atoms with Crippen LogP contribution < -0.4 is 5.73 Å². The maximum Gasteiger partial charge on any atom is 0.116 e. The lowest BCUT2D eigenvalue weighted by atomic mass is 9.98. The van der Waals surface area contributed by atoms with Crippen LogP contribution in [0.1, 0.15) is 11.1 Å². The van der Waals surface area contributed by atoms with Crippen molar-refractivity contribution in [3.05, 3.63) is 53.6 Å². The summed E-state index contributed by atoms with van der Waals surface area (Å²) in [5.41, 5.74) is 10.1. The van der Waals surface area contributed by atoms with Crippen molar-refractivity contribution in [2.45, 2.75) is 13.5 Å². The summed E-state index contributed by atoms with van der Waals surface area (Å²) in [4.78, 5) is 0. The second-order valence-electron chi connectivity index (χ2n) is 3.90. The van der Waals surface area contributed by atoms with Crippen molar-refractivity contribution in [3.63, 3.8) is 0 Å². The molecule has 2 rings (SSSR count). The predicted octanol–water partition coefficient (Wildman–Crippen LogP) is 2.83. The van der Waals surface area contributed by atoms with E-state index in [1.165, 1.54) is 5.56 Å². The summed E-state index contributed by atoms with van der Waals surface area (Å²) in [6, 6.07) is 13.4. The van der Waals surface area contributed by atoms with E-state index in [1.54, 1.807) is 12.1 Å². The zero-order valence-electron chi connectivity index (χ0n) is 9.27. The van der Waals surface area contributed by atoms with Crippen LogP contribution in [0, 0.1) is 6.92 Å². The van der Waals surface area contributed by atoms with Gasteiger partial charge < -0.3 is 10.8 Å². The van der Waals surface area contributed by atoms with Crippen molar-refractivity contribution in [1.82, 2.24) is 0 Å². The van der Waals surface area contributed by atoms with Crippen LogP contribution in [-0.4, -0.2) is 5.11 Å². The third kappa shape index (κ3) is 2.07. The molecule has 82 valence electrons. The van der Waals surface area contributed by atoms with Crippen molar-refractivity contribution < 1.29 is 5.11 Å². The van der Waals surface area contributed by atoms with Gasteiger partial charge in [0.2, 0.25) is 0 Å². The highest BCUT2D eigenvalue weighted by Gasteiger charge is 2.03. The number of nitrogens with two attached hydrogens (primary N) is 1. The van der Waals surface area contributed by atoms with E-state index in [-0.39, 0.29) is 5.75 Å². The molecule has 0 aliphatic rings. The number of aromatic hydroxyl groups is 1. The number of hydrogen-bond donors (Lipinski definition) is 2. The van der Waals surface area contributed by atoms with Gasteiger partial charge in [-0.15, -0.1) is 0 Å². The zero-order valence-corrected chi connectivity index (χ0v) is 9.27. The highest BCUT2D eigenvalue weighted by molar-refractivity contribution is 5.69. The lowest BCUT2D eigenvalue weighted by Gasteiger charge is -2.08. The summed E-state index contributed by atoms with van der Waals surface area (Å²) in [5.74, 6) is 0.287. The van der Waals surface area contributed by atoms with Gasteiger partial charge >= 0.3 is 0 Å². The molecule has 0 saturated carbocycles. The Bertz CT molecular complexity index is 506. The van der Waals surface area contributed by atoms with Crippen molar-refractivity contribution in [2.75, 3.05) is 0 Å². The monoisotopic (exact) mass is 213 g/mol. The average Bonchev–Trinajstić information content (AvgIpc) is 2.30. The first-order valence-corrected chi connectivity index (χ1v) is 5.29. The van der Waals surface area contributed by atoms with Crippen molar-refractivity contribution in [1.29, 1.82) is 0 Å². The minimum Gasteiger partial charge on any atom is -0.508 e. The fraction of sp³-hybridized carbons (Fsp3) is 0.143. The molecule has 0 aliphatic heterocycles. The molecule has 3 N–H and O–H groups in total. The molecule has 2 nitrogen and oxygen atoms in total. The van der Waals surface area contributed by atoms with E-state index in [9.17, 15) is 5.11 Å². The molecule has 0 amide bonds. The first kappa shape index (κ1) is 10.7. The van der Waals surface area contributed by atoms with Crippen molar-refractivity contribution >= 4 is 0 Å². The molecular formula is C14H15NO. The van der Waals surface area contributed by atoms with E-state index < -0.39 is 0 Å². The fourth-order valence-electron chi connectivity index (χ4n) is 1.78. The lowest BCUT2D eigenvalue weighted by molar-refractivity contribution is 0.475. The Morgan fingerprint density at radius 1 is 1.12 bits per heavy atom. The molecule has 0 radical (unpaired) electrons. The van der Waals surface area contributed by atoms with Gasteiger partial charge in [0.25, 0.3) is 0 Å². The van der Waals surface area contributed by atoms with Crippen LogP contribution in [0.4, 0.5) is 0 Å². The third-order valence-electron chi connectivity index (χ3n) is 2.69. The summed E-state index contributed by atoms with van der Waals surface area (Å²) in [6.07, 6.45) is 0. The van der Waals surface area contributed by atoms with Crippen LogP contribution in [0.25, 0.3) is 11.1 Å². The standard InChI is InChI=1S/C14H15NO/c1-10-5-6-11(9-15)7-14(10)12-3-2-4-13(16)8-12/h2-8,16H,9,15H2,1H3. The van der Waals surface area contributed by atoms with E-state index in [0.717, 1.165) is 16.7 Å². The number of aryl methyl sites for hydroxylation is 1. The number of phenols is 1. The summed E-state index contributed by atoms with van der Waals surface area (Å²) in [6.45, 7) is 2.59. The summed E-state index contributed by atoms with van der Waals surface area (Å²) < 4.78 is 0. The van der Waals surface area contributed by atoms with Crippen molar-refractivity contribution in [2.24, 2.45) is 5.73 Å². The van der Waals surface area contributed by atoms with E-state index in [2.05, 4.69) is 19.1 Å². The molecule has 0 saturated heterocycles. The van der Waals surface area contributed by atoms with E-state index in [4.69, 9.17) is 5.73 Å². The predicted molar refractivity (Wildman–Crippen MR) is 66.2 cm³/mol. The van der Waals surface area contributed by atoms with E-state index >= 15 is 0 Å². The van der Waals surface area contributed by atoms with Gasteiger partial charge in [-0.2, -0.15) is 0 Å². The van der Waals surface area contributed by atoms with Gasteiger partial charge in [0, 0.05) is 6.54 Å². The SMILES string of the molecule is Cc1ccc(CN)cc1-c1cccc(O)c1. The maximum absolute atomic E-state index is 9.47. The van der Waals surface area contributed by atoms with Gasteiger partial charge in [-0.1, -0.05) is 24.3 Å². The highest BCUT2D eigenvalue weighted by atomic mass is 16.3. The molecule has 0 fully saturated rings. The van der Waals surface area contributed by atoms with Gasteiger partial charge in [-0.05, 0) is 47.4 Å². The van der Waals surface area contributed by atoms with Gasteiger partial charge in [0.1, 0.15) is 5.75 Å². The van der Waals surface area contributed by atoms with Crippen LogP contribution in [0.3, 0.4) is 0 Å². The highest BCUT2D eigenvalue weighted by Crippen LogP contribution is 2.27. The Morgan fingerprint density at radius 2 is 1.94 bits per heavy atom. The molecule has 2 aromatic rings. The molecule has 0 atom stereocenters. The summed E-state index contributed by atoms with van der Waals surface area (Å²) in [5, 5.41) is 9.47. The molecule has 2 aromatic carbocycles. The van der Waals surface area contributed by atoms with Crippen LogP contribution in [0.5, 0.6) is 5.75 Å². The molecule has 0 unspecified atom stereocenters. The van der Waals surface area contributed by atoms with Gasteiger partial charge in [-0.3, -0.25) is 0 Å². The number of benzene rings is 2. The Hall–Kier alpha value is -1.80. The smallest absolute Gasteiger partial charge is 0.116 e. The Labute approximate surface area is 95.4 Å². The third-order valence-corrected chi connectivity index (χ3v) is 2.69. The second kappa shape index (κ2) is 4.37. The Balaban J connectivity index is 2.54. The first-order valence-electron chi connectivity index (χ1n) is 5.29. The van der Waals surface area contributed by atoms with Gasteiger partial charge in [0.15, 0.2) is 0 Å². The maximum atomic E-state index is 9.47. The Morgan fingerprint density at radius 3 is 2.62 bits per heavy atom. The summed E-state index contributed by atoms with van der Waals surface area (Å²) >= 11 is 0. The normalized spacial score (nSPS) is 10.4. The number of rotatable bonds is 2. The zero-order chi connectivity index (χ0) is 11.5. The van der Waals surface area contributed by atoms with E-state index in [0.29, 0.717) is 6.54 Å². The van der Waals surface area contributed by atoms with Gasteiger partial charge in [-0.25, -0.2) is 0 Å². The van der Waals surface area contributed by atoms with Gasteiger partial charge in [0.05, 0.1) is 0 Å². The summed E-state index contributed by atoms with van der Waals surface area (Å²) in [7, 11) is 0. The molecular weight excluding hydrogens is 198 g/mol. The largest absolute Gasteiger partial charge is 0.508 e. The molecule has 0 bridgehead atoms. The molecule has 16 heavy (non-hydrogen) atoms. The minimum atomic E-state index is 0.287. The minimum absolute atomic E-state index is 0.287. The number of phenolic OH excluding ortho intramolecular Hbond substituents is 1. The molecule has 2 heteroatoms. The second-order valence-corrected chi connectivity index (χ2v) is 3.90. The topological polar surface area (TPSA) is 46.2 Å².